The Kier molecular flexibility index (Phi) is 7.41. The highest BCUT2D eigenvalue weighted by Gasteiger charge is 2.14. The normalized spacial score (nSPS) is 9.96. The maximum atomic E-state index is 13.9. The topological polar surface area (TPSA) is 83.4 Å². The summed E-state index contributed by atoms with van der Waals surface area (Å²) in [6.45, 7) is 2.18. The molecular formula is C16H19ClFN3O3. The van der Waals surface area contributed by atoms with E-state index in [1.54, 1.807) is 14.0 Å². The molecule has 0 saturated carbocycles. The number of aryl methyl sites for hydroxylation is 1. The van der Waals surface area contributed by atoms with Gasteiger partial charge in [-0.15, -0.1) is 12.4 Å². The third-order valence-corrected chi connectivity index (χ3v) is 3.20. The van der Waals surface area contributed by atoms with Gasteiger partial charge in [-0.05, 0) is 38.2 Å². The molecule has 24 heavy (non-hydrogen) atoms. The van der Waals surface area contributed by atoms with E-state index >= 15 is 0 Å². The van der Waals surface area contributed by atoms with E-state index in [0.29, 0.717) is 30.0 Å². The van der Waals surface area contributed by atoms with Crippen LogP contribution in [0.3, 0.4) is 0 Å². The number of rotatable bonds is 6. The molecule has 0 saturated heterocycles. The Balaban J connectivity index is 0.00000288. The van der Waals surface area contributed by atoms with Gasteiger partial charge in [0.05, 0.1) is 17.5 Å². The SMILES string of the molecule is CNCCC(=O)Nc1ccc(F)c(NC(=O)c2ccoc2C)c1.Cl. The van der Waals surface area contributed by atoms with Crippen molar-refractivity contribution < 1.29 is 18.4 Å². The summed E-state index contributed by atoms with van der Waals surface area (Å²) in [5, 5.41) is 7.99. The molecule has 0 bridgehead atoms. The lowest BCUT2D eigenvalue weighted by atomic mass is 10.2. The molecule has 0 aliphatic carbocycles. The second-order valence-electron chi connectivity index (χ2n) is 4.94. The van der Waals surface area contributed by atoms with Gasteiger partial charge < -0.3 is 20.4 Å². The van der Waals surface area contributed by atoms with Crippen LogP contribution in [0.5, 0.6) is 0 Å². The minimum absolute atomic E-state index is 0. The van der Waals surface area contributed by atoms with Crippen LogP contribution in [0.15, 0.2) is 34.9 Å². The van der Waals surface area contributed by atoms with E-state index in [4.69, 9.17) is 4.42 Å². The molecular weight excluding hydrogens is 337 g/mol. The fourth-order valence-corrected chi connectivity index (χ4v) is 1.97. The van der Waals surface area contributed by atoms with Crippen LogP contribution in [0.25, 0.3) is 0 Å². The van der Waals surface area contributed by atoms with Crippen molar-refractivity contribution >= 4 is 35.6 Å². The van der Waals surface area contributed by atoms with Gasteiger partial charge in [0, 0.05) is 18.7 Å². The standard InChI is InChI=1S/C16H18FN3O3.ClH/c1-10-12(6-8-23-10)16(22)20-14-9-11(3-4-13(14)17)19-15(21)5-7-18-2;/h3-4,6,8-9,18H,5,7H2,1-2H3,(H,19,21)(H,20,22);1H. The monoisotopic (exact) mass is 355 g/mol. The Labute approximate surface area is 145 Å². The molecule has 3 N–H and O–H groups in total. The lowest BCUT2D eigenvalue weighted by molar-refractivity contribution is -0.116. The first-order valence-electron chi connectivity index (χ1n) is 7.10. The van der Waals surface area contributed by atoms with Gasteiger partial charge in [0.1, 0.15) is 11.6 Å². The summed E-state index contributed by atoms with van der Waals surface area (Å²) in [5.74, 6) is -0.824. The molecule has 2 aromatic rings. The first kappa shape index (κ1) is 19.7. The van der Waals surface area contributed by atoms with E-state index in [9.17, 15) is 14.0 Å². The molecule has 2 amide bonds. The smallest absolute Gasteiger partial charge is 0.259 e. The number of carbonyl (C=O) groups is 2. The molecule has 0 fully saturated rings. The third kappa shape index (κ3) is 5.07. The minimum Gasteiger partial charge on any atom is -0.469 e. The van der Waals surface area contributed by atoms with Gasteiger partial charge in [-0.2, -0.15) is 0 Å². The number of nitrogens with one attached hydrogen (secondary N) is 3. The second kappa shape index (κ2) is 9.05. The van der Waals surface area contributed by atoms with Crippen molar-refractivity contribution in [2.45, 2.75) is 13.3 Å². The first-order valence-corrected chi connectivity index (χ1v) is 7.10. The highest BCUT2D eigenvalue weighted by atomic mass is 35.5. The van der Waals surface area contributed by atoms with Crippen LogP contribution in [-0.2, 0) is 4.79 Å². The van der Waals surface area contributed by atoms with E-state index in [-0.39, 0.29) is 24.0 Å². The van der Waals surface area contributed by atoms with E-state index in [1.807, 2.05) is 0 Å². The molecule has 0 spiro atoms. The number of hydrogen-bond donors (Lipinski definition) is 3. The summed E-state index contributed by atoms with van der Waals surface area (Å²) >= 11 is 0. The van der Waals surface area contributed by atoms with Gasteiger partial charge in [-0.25, -0.2) is 4.39 Å². The van der Waals surface area contributed by atoms with Crippen molar-refractivity contribution in [2.75, 3.05) is 24.2 Å². The molecule has 1 aromatic heterocycles. The quantitative estimate of drug-likeness (QED) is 0.744. The summed E-state index contributed by atoms with van der Waals surface area (Å²) in [6.07, 6.45) is 1.68. The molecule has 0 aliphatic rings. The van der Waals surface area contributed by atoms with Crippen molar-refractivity contribution in [2.24, 2.45) is 0 Å². The number of hydrogen-bond acceptors (Lipinski definition) is 4. The van der Waals surface area contributed by atoms with Crippen molar-refractivity contribution in [1.29, 1.82) is 0 Å². The van der Waals surface area contributed by atoms with Crippen molar-refractivity contribution in [3.05, 3.63) is 47.7 Å². The van der Waals surface area contributed by atoms with Crippen LogP contribution in [0.1, 0.15) is 22.5 Å². The maximum Gasteiger partial charge on any atom is 0.259 e. The Hall–Kier alpha value is -2.38. The number of carbonyl (C=O) groups excluding carboxylic acids is 2. The van der Waals surface area contributed by atoms with Crippen molar-refractivity contribution in [3.63, 3.8) is 0 Å². The zero-order valence-corrected chi connectivity index (χ0v) is 14.1. The fourth-order valence-electron chi connectivity index (χ4n) is 1.97. The summed E-state index contributed by atoms with van der Waals surface area (Å²) in [4.78, 5) is 23.8. The van der Waals surface area contributed by atoms with Crippen LogP contribution >= 0.6 is 12.4 Å². The molecule has 8 heteroatoms. The van der Waals surface area contributed by atoms with Crippen LogP contribution in [-0.4, -0.2) is 25.4 Å². The average Bonchev–Trinajstić information content (AvgIpc) is 2.94. The van der Waals surface area contributed by atoms with E-state index < -0.39 is 11.7 Å². The predicted octanol–water partition coefficient (Wildman–Crippen LogP) is 2.95. The number of furan rings is 1. The average molecular weight is 356 g/mol. The van der Waals surface area contributed by atoms with E-state index in [1.165, 1.54) is 30.5 Å². The highest BCUT2D eigenvalue weighted by Crippen LogP contribution is 2.21. The molecule has 0 unspecified atom stereocenters. The molecule has 2 rings (SSSR count). The molecule has 1 aromatic carbocycles. The predicted molar refractivity (Wildman–Crippen MR) is 92.2 cm³/mol. The summed E-state index contributed by atoms with van der Waals surface area (Å²) in [7, 11) is 1.75. The lowest BCUT2D eigenvalue weighted by Crippen LogP contribution is -2.19. The van der Waals surface area contributed by atoms with Gasteiger partial charge >= 0.3 is 0 Å². The van der Waals surface area contributed by atoms with Gasteiger partial charge in [-0.1, -0.05) is 0 Å². The largest absolute Gasteiger partial charge is 0.469 e. The van der Waals surface area contributed by atoms with Gasteiger partial charge in [0.15, 0.2) is 0 Å². The summed E-state index contributed by atoms with van der Waals surface area (Å²) < 4.78 is 18.9. The number of benzene rings is 1. The Morgan fingerprint density at radius 1 is 1.21 bits per heavy atom. The molecule has 130 valence electrons. The first-order chi connectivity index (χ1) is 11.0. The molecule has 0 atom stereocenters. The van der Waals surface area contributed by atoms with Crippen LogP contribution in [0, 0.1) is 12.7 Å². The Morgan fingerprint density at radius 3 is 2.58 bits per heavy atom. The Bertz CT molecular complexity index is 718. The van der Waals surface area contributed by atoms with E-state index in [0.717, 1.165) is 0 Å². The number of halogens is 2. The minimum atomic E-state index is -0.590. The summed E-state index contributed by atoms with van der Waals surface area (Å²) in [6, 6.07) is 5.50. The van der Waals surface area contributed by atoms with Gasteiger partial charge in [0.2, 0.25) is 5.91 Å². The van der Waals surface area contributed by atoms with Gasteiger partial charge in [-0.3, -0.25) is 9.59 Å². The van der Waals surface area contributed by atoms with Crippen molar-refractivity contribution in [1.82, 2.24) is 5.32 Å². The highest BCUT2D eigenvalue weighted by molar-refractivity contribution is 6.05. The fraction of sp³-hybridized carbons (Fsp3) is 0.250. The molecule has 0 radical (unpaired) electrons. The molecule has 0 aliphatic heterocycles. The lowest BCUT2D eigenvalue weighted by Gasteiger charge is -2.10. The third-order valence-electron chi connectivity index (χ3n) is 3.20. The maximum absolute atomic E-state index is 13.9. The summed E-state index contributed by atoms with van der Waals surface area (Å²) in [5.41, 5.74) is 0.724. The number of amides is 2. The molecule has 6 nitrogen and oxygen atoms in total. The zero-order chi connectivity index (χ0) is 16.8. The van der Waals surface area contributed by atoms with Crippen LogP contribution < -0.4 is 16.0 Å². The van der Waals surface area contributed by atoms with Gasteiger partial charge in [0.25, 0.3) is 5.91 Å². The molecule has 1 heterocycles. The zero-order valence-electron chi connectivity index (χ0n) is 13.3. The number of anilines is 2. The Morgan fingerprint density at radius 2 is 1.96 bits per heavy atom. The van der Waals surface area contributed by atoms with Crippen molar-refractivity contribution in [3.8, 4) is 0 Å². The van der Waals surface area contributed by atoms with Crippen LogP contribution in [0.4, 0.5) is 15.8 Å². The van der Waals surface area contributed by atoms with Crippen LogP contribution in [0.2, 0.25) is 0 Å². The van der Waals surface area contributed by atoms with E-state index in [2.05, 4.69) is 16.0 Å². The second-order valence-corrected chi connectivity index (χ2v) is 4.94.